The first-order valence-corrected chi connectivity index (χ1v) is 7.29. The second kappa shape index (κ2) is 5.39. The van der Waals surface area contributed by atoms with E-state index in [1.54, 1.807) is 24.3 Å². The molecule has 0 amide bonds. The Bertz CT molecular complexity index is 816. The molecule has 1 aliphatic heterocycles. The van der Waals surface area contributed by atoms with Gasteiger partial charge in [0.1, 0.15) is 28.6 Å². The highest BCUT2D eigenvalue weighted by atomic mass is 16.5. The molecule has 0 radical (unpaired) electrons. The summed E-state index contributed by atoms with van der Waals surface area (Å²) in [6.07, 6.45) is 7.23. The summed E-state index contributed by atoms with van der Waals surface area (Å²) in [5, 5.41) is 29.2. The first kappa shape index (κ1) is 15.0. The summed E-state index contributed by atoms with van der Waals surface area (Å²) in [5.74, 6) is 0.758. The molecule has 4 nitrogen and oxygen atoms in total. The van der Waals surface area contributed by atoms with Crippen LogP contribution in [-0.4, -0.2) is 20.9 Å². The number of hydrogen-bond donors (Lipinski definition) is 3. The maximum atomic E-state index is 10.1. The van der Waals surface area contributed by atoms with Gasteiger partial charge in [0, 0.05) is 11.6 Å². The fourth-order valence-electron chi connectivity index (χ4n) is 2.44. The molecule has 3 rings (SSSR count). The minimum Gasteiger partial charge on any atom is -0.508 e. The quantitative estimate of drug-likeness (QED) is 0.729. The van der Waals surface area contributed by atoms with Crippen LogP contribution in [0.2, 0.25) is 0 Å². The third kappa shape index (κ3) is 3.16. The van der Waals surface area contributed by atoms with E-state index < -0.39 is 5.60 Å². The molecule has 0 saturated heterocycles. The van der Waals surface area contributed by atoms with E-state index in [0.717, 1.165) is 5.56 Å². The van der Waals surface area contributed by atoms with Crippen molar-refractivity contribution in [3.8, 4) is 23.0 Å². The Morgan fingerprint density at radius 3 is 2.48 bits per heavy atom. The minimum atomic E-state index is -0.420. The average Bonchev–Trinajstić information content (AvgIpc) is 2.44. The number of phenols is 3. The summed E-state index contributed by atoms with van der Waals surface area (Å²) in [6.45, 7) is 3.89. The van der Waals surface area contributed by atoms with Crippen LogP contribution in [-0.2, 0) is 0 Å². The predicted octanol–water partition coefficient (Wildman–Crippen LogP) is 4.16. The summed E-state index contributed by atoms with van der Waals surface area (Å²) in [4.78, 5) is 0. The van der Waals surface area contributed by atoms with Crippen molar-refractivity contribution in [3.05, 3.63) is 53.1 Å². The highest BCUT2D eigenvalue weighted by Gasteiger charge is 2.23. The van der Waals surface area contributed by atoms with Gasteiger partial charge in [-0.05, 0) is 55.8 Å². The van der Waals surface area contributed by atoms with Gasteiger partial charge in [-0.15, -0.1) is 0 Å². The van der Waals surface area contributed by atoms with Crippen molar-refractivity contribution in [3.63, 3.8) is 0 Å². The number of phenolic OH excluding ortho intramolecular Hbond substituents is 3. The number of ether oxygens (including phenoxy) is 1. The van der Waals surface area contributed by atoms with Crippen molar-refractivity contribution in [1.29, 1.82) is 0 Å². The average molecular weight is 310 g/mol. The monoisotopic (exact) mass is 310 g/mol. The highest BCUT2D eigenvalue weighted by Crippen LogP contribution is 2.38. The molecule has 2 aromatic rings. The van der Waals surface area contributed by atoms with E-state index in [0.29, 0.717) is 16.9 Å². The van der Waals surface area contributed by atoms with Crippen molar-refractivity contribution in [2.24, 2.45) is 0 Å². The molecular formula is C19H18O4. The Morgan fingerprint density at radius 2 is 1.74 bits per heavy atom. The van der Waals surface area contributed by atoms with Crippen LogP contribution in [0.4, 0.5) is 0 Å². The molecule has 3 N–H and O–H groups in total. The zero-order valence-corrected chi connectivity index (χ0v) is 12.9. The van der Waals surface area contributed by atoms with E-state index >= 15 is 0 Å². The maximum Gasteiger partial charge on any atom is 0.132 e. The molecule has 0 fully saturated rings. The Morgan fingerprint density at radius 1 is 0.957 bits per heavy atom. The lowest BCUT2D eigenvalue weighted by molar-refractivity contribution is 0.158. The molecule has 0 saturated carbocycles. The number of aromatic hydroxyl groups is 3. The summed E-state index contributed by atoms with van der Waals surface area (Å²) in [6, 6.07) is 7.87. The van der Waals surface area contributed by atoms with Crippen molar-refractivity contribution in [2.75, 3.05) is 0 Å². The standard InChI is InChI=1S/C19H18O4/c1-19(2)8-7-15-17(22)9-12(10-18(15)23-19)3-4-13-5-6-14(20)11-16(13)21/h3-11,20-22H,1-2H3/b4-3-. The molecule has 0 spiro atoms. The van der Waals surface area contributed by atoms with Gasteiger partial charge in [0.25, 0.3) is 0 Å². The fraction of sp³-hybridized carbons (Fsp3) is 0.158. The molecule has 118 valence electrons. The van der Waals surface area contributed by atoms with Crippen LogP contribution in [0.3, 0.4) is 0 Å². The van der Waals surface area contributed by atoms with Gasteiger partial charge in [0.05, 0.1) is 5.56 Å². The lowest BCUT2D eigenvalue weighted by Gasteiger charge is -2.28. The predicted molar refractivity (Wildman–Crippen MR) is 90.5 cm³/mol. The molecule has 0 aliphatic carbocycles. The zero-order chi connectivity index (χ0) is 16.6. The van der Waals surface area contributed by atoms with Gasteiger partial charge in [-0.3, -0.25) is 0 Å². The molecule has 1 aliphatic rings. The van der Waals surface area contributed by atoms with Gasteiger partial charge in [-0.1, -0.05) is 12.2 Å². The van der Waals surface area contributed by atoms with Crippen LogP contribution in [0.5, 0.6) is 23.0 Å². The molecule has 0 atom stereocenters. The van der Waals surface area contributed by atoms with Gasteiger partial charge in [0.2, 0.25) is 0 Å². The van der Waals surface area contributed by atoms with Crippen LogP contribution in [0.25, 0.3) is 18.2 Å². The van der Waals surface area contributed by atoms with Crippen molar-refractivity contribution >= 4 is 18.2 Å². The first-order chi connectivity index (χ1) is 10.8. The maximum absolute atomic E-state index is 10.1. The van der Waals surface area contributed by atoms with Crippen LogP contribution in [0.15, 0.2) is 36.4 Å². The topological polar surface area (TPSA) is 69.9 Å². The molecule has 1 heterocycles. The SMILES string of the molecule is CC1(C)C=Cc2c(O)cc(/C=C\c3ccc(O)cc3O)cc2O1. The number of benzene rings is 2. The lowest BCUT2D eigenvalue weighted by Crippen LogP contribution is -2.27. The third-order valence-electron chi connectivity index (χ3n) is 3.64. The van der Waals surface area contributed by atoms with Gasteiger partial charge >= 0.3 is 0 Å². The van der Waals surface area contributed by atoms with Crippen LogP contribution >= 0.6 is 0 Å². The lowest BCUT2D eigenvalue weighted by atomic mass is 10.00. The van der Waals surface area contributed by atoms with Crippen LogP contribution in [0.1, 0.15) is 30.5 Å². The van der Waals surface area contributed by atoms with E-state index in [-0.39, 0.29) is 17.2 Å². The Hall–Kier alpha value is -2.88. The van der Waals surface area contributed by atoms with E-state index in [9.17, 15) is 15.3 Å². The molecule has 0 aromatic heterocycles. The molecule has 0 bridgehead atoms. The van der Waals surface area contributed by atoms with E-state index in [2.05, 4.69) is 0 Å². The van der Waals surface area contributed by atoms with Crippen molar-refractivity contribution in [2.45, 2.75) is 19.4 Å². The van der Waals surface area contributed by atoms with Gasteiger partial charge < -0.3 is 20.1 Å². The third-order valence-corrected chi connectivity index (χ3v) is 3.64. The van der Waals surface area contributed by atoms with Gasteiger partial charge in [-0.2, -0.15) is 0 Å². The molecule has 4 heteroatoms. The second-order valence-electron chi connectivity index (χ2n) is 6.07. The van der Waals surface area contributed by atoms with E-state index in [4.69, 9.17) is 4.74 Å². The normalized spacial score (nSPS) is 15.4. The van der Waals surface area contributed by atoms with Crippen LogP contribution in [0, 0.1) is 0 Å². The molecule has 0 unspecified atom stereocenters. The minimum absolute atomic E-state index is 0.00786. The Labute approximate surface area is 134 Å². The van der Waals surface area contributed by atoms with Crippen molar-refractivity contribution < 1.29 is 20.1 Å². The summed E-state index contributed by atoms with van der Waals surface area (Å²) >= 11 is 0. The first-order valence-electron chi connectivity index (χ1n) is 7.29. The van der Waals surface area contributed by atoms with Crippen LogP contribution < -0.4 is 4.74 Å². The van der Waals surface area contributed by atoms with E-state index in [1.165, 1.54) is 12.1 Å². The van der Waals surface area contributed by atoms with Gasteiger partial charge in [0.15, 0.2) is 0 Å². The van der Waals surface area contributed by atoms with Crippen molar-refractivity contribution in [1.82, 2.24) is 0 Å². The summed E-state index contributed by atoms with van der Waals surface area (Å²) in [5.41, 5.74) is 1.56. The number of rotatable bonds is 2. The number of hydrogen-bond acceptors (Lipinski definition) is 4. The zero-order valence-electron chi connectivity index (χ0n) is 12.9. The molecule has 2 aromatic carbocycles. The largest absolute Gasteiger partial charge is 0.508 e. The summed E-state index contributed by atoms with van der Waals surface area (Å²) < 4.78 is 5.87. The highest BCUT2D eigenvalue weighted by molar-refractivity contribution is 5.77. The van der Waals surface area contributed by atoms with Gasteiger partial charge in [-0.25, -0.2) is 0 Å². The fourth-order valence-corrected chi connectivity index (χ4v) is 2.44. The van der Waals surface area contributed by atoms with E-state index in [1.807, 2.05) is 32.1 Å². The molecule has 23 heavy (non-hydrogen) atoms. The smallest absolute Gasteiger partial charge is 0.132 e. The second-order valence-corrected chi connectivity index (χ2v) is 6.07. The molecular weight excluding hydrogens is 292 g/mol. The summed E-state index contributed by atoms with van der Waals surface area (Å²) in [7, 11) is 0. The Balaban J connectivity index is 1.94. The number of fused-ring (bicyclic) bond motifs is 1. The Kier molecular flexibility index (Phi) is 3.52.